The molecule has 4 heteroatoms. The Bertz CT molecular complexity index is 289. The van der Waals surface area contributed by atoms with E-state index in [4.69, 9.17) is 23.2 Å². The van der Waals surface area contributed by atoms with Crippen LogP contribution in [0.2, 0.25) is 0 Å². The molecule has 0 N–H and O–H groups in total. The summed E-state index contributed by atoms with van der Waals surface area (Å²) in [6, 6.07) is 0. The molecule has 148 valence electrons. The van der Waals surface area contributed by atoms with Crippen molar-refractivity contribution in [2.24, 2.45) is 0 Å². The summed E-state index contributed by atoms with van der Waals surface area (Å²) in [6.07, 6.45) is 22.6. The normalized spacial score (nSPS) is 11.0. The van der Waals surface area contributed by atoms with Gasteiger partial charge in [-0.3, -0.25) is 9.59 Å². The molecule has 0 atom stereocenters. The van der Waals surface area contributed by atoms with Crippen LogP contribution in [0.1, 0.15) is 122 Å². The fourth-order valence-corrected chi connectivity index (χ4v) is 3.45. The van der Waals surface area contributed by atoms with E-state index in [1.807, 2.05) is 0 Å². The third-order valence-corrected chi connectivity index (χ3v) is 5.12. The van der Waals surface area contributed by atoms with E-state index in [-0.39, 0.29) is 10.5 Å². The van der Waals surface area contributed by atoms with E-state index in [0.717, 1.165) is 25.7 Å². The summed E-state index contributed by atoms with van der Waals surface area (Å²) in [5.74, 6) is 0. The molecule has 2 nitrogen and oxygen atoms in total. The molecular weight excluding hydrogens is 355 g/mol. The molecule has 0 unspecified atom stereocenters. The lowest BCUT2D eigenvalue weighted by Gasteiger charge is -2.03. The van der Waals surface area contributed by atoms with Crippen LogP contribution in [0.15, 0.2) is 0 Å². The van der Waals surface area contributed by atoms with Gasteiger partial charge in [-0.1, -0.05) is 96.3 Å². The first-order chi connectivity index (χ1) is 12.1. The Kier molecular flexibility index (Phi) is 20.2. The summed E-state index contributed by atoms with van der Waals surface area (Å²) in [5, 5.41) is -0.389. The Labute approximate surface area is 165 Å². The Morgan fingerprint density at radius 3 is 0.680 bits per heavy atom. The molecule has 0 saturated heterocycles. The zero-order valence-corrected chi connectivity index (χ0v) is 17.5. The third kappa shape index (κ3) is 23.9. The van der Waals surface area contributed by atoms with Gasteiger partial charge in [0.05, 0.1) is 0 Å². The number of halogens is 2. The lowest BCUT2D eigenvalue weighted by molar-refractivity contribution is -0.112. The minimum atomic E-state index is -0.194. The molecule has 0 fully saturated rings. The molecule has 0 aliphatic rings. The van der Waals surface area contributed by atoms with Crippen molar-refractivity contribution in [1.29, 1.82) is 0 Å². The molecule has 0 spiro atoms. The molecule has 0 aromatic rings. The highest BCUT2D eigenvalue weighted by atomic mass is 35.5. The van der Waals surface area contributed by atoms with Crippen LogP contribution < -0.4 is 0 Å². The molecule has 0 radical (unpaired) electrons. The minimum Gasteiger partial charge on any atom is -0.281 e. The summed E-state index contributed by atoms with van der Waals surface area (Å²) < 4.78 is 0. The van der Waals surface area contributed by atoms with E-state index in [9.17, 15) is 9.59 Å². The highest BCUT2D eigenvalue weighted by Gasteiger charge is 1.98. The largest absolute Gasteiger partial charge is 0.281 e. The van der Waals surface area contributed by atoms with Gasteiger partial charge in [0.2, 0.25) is 10.5 Å². The van der Waals surface area contributed by atoms with Crippen molar-refractivity contribution < 1.29 is 9.59 Å². The molecule has 0 amide bonds. The van der Waals surface area contributed by atoms with Gasteiger partial charge in [-0.15, -0.1) is 0 Å². The van der Waals surface area contributed by atoms with E-state index >= 15 is 0 Å². The predicted molar refractivity (Wildman–Crippen MR) is 109 cm³/mol. The number of hydrogen-bond donors (Lipinski definition) is 0. The first-order valence-electron chi connectivity index (χ1n) is 10.5. The van der Waals surface area contributed by atoms with Crippen molar-refractivity contribution in [2.45, 2.75) is 122 Å². The van der Waals surface area contributed by atoms with Crippen LogP contribution in [0.25, 0.3) is 0 Å². The monoisotopic (exact) mass is 392 g/mol. The molecule has 0 aliphatic heterocycles. The minimum absolute atomic E-state index is 0.194. The molecular formula is C21H38Cl2O2. The zero-order chi connectivity index (χ0) is 18.6. The van der Waals surface area contributed by atoms with Crippen molar-refractivity contribution in [2.75, 3.05) is 0 Å². The topological polar surface area (TPSA) is 34.1 Å². The van der Waals surface area contributed by atoms with Gasteiger partial charge in [-0.05, 0) is 36.0 Å². The summed E-state index contributed by atoms with van der Waals surface area (Å²) in [6.45, 7) is 0. The fourth-order valence-electron chi connectivity index (χ4n) is 3.18. The van der Waals surface area contributed by atoms with Crippen molar-refractivity contribution in [3.05, 3.63) is 0 Å². The smallest absolute Gasteiger partial charge is 0.221 e. The number of carbonyl (C=O) groups excluding carboxylic acids is 2. The van der Waals surface area contributed by atoms with Crippen molar-refractivity contribution in [3.63, 3.8) is 0 Å². The number of rotatable bonds is 20. The molecule has 0 rings (SSSR count). The van der Waals surface area contributed by atoms with Gasteiger partial charge in [0.15, 0.2) is 0 Å². The Morgan fingerprint density at radius 2 is 0.520 bits per heavy atom. The van der Waals surface area contributed by atoms with E-state index in [2.05, 4.69) is 0 Å². The molecule has 0 aliphatic carbocycles. The van der Waals surface area contributed by atoms with Gasteiger partial charge in [0.1, 0.15) is 0 Å². The van der Waals surface area contributed by atoms with E-state index in [1.54, 1.807) is 0 Å². The number of carbonyl (C=O) groups is 2. The van der Waals surface area contributed by atoms with Crippen LogP contribution in [-0.2, 0) is 9.59 Å². The highest BCUT2D eigenvalue weighted by Crippen LogP contribution is 2.14. The second-order valence-corrected chi connectivity index (χ2v) is 8.06. The van der Waals surface area contributed by atoms with Gasteiger partial charge < -0.3 is 0 Å². The summed E-state index contributed by atoms with van der Waals surface area (Å²) in [4.78, 5) is 21.2. The molecule has 0 heterocycles. The highest BCUT2D eigenvalue weighted by molar-refractivity contribution is 6.63. The molecule has 0 aromatic heterocycles. The van der Waals surface area contributed by atoms with Crippen LogP contribution in [0.4, 0.5) is 0 Å². The van der Waals surface area contributed by atoms with Crippen LogP contribution in [0.3, 0.4) is 0 Å². The molecule has 25 heavy (non-hydrogen) atoms. The molecule has 0 saturated carbocycles. The summed E-state index contributed by atoms with van der Waals surface area (Å²) >= 11 is 10.6. The first-order valence-corrected chi connectivity index (χ1v) is 11.2. The van der Waals surface area contributed by atoms with Crippen molar-refractivity contribution in [3.8, 4) is 0 Å². The maximum absolute atomic E-state index is 10.6. The molecule has 0 bridgehead atoms. The van der Waals surface area contributed by atoms with Gasteiger partial charge in [0, 0.05) is 12.8 Å². The average Bonchev–Trinajstić information content (AvgIpc) is 2.56. The third-order valence-electron chi connectivity index (χ3n) is 4.75. The van der Waals surface area contributed by atoms with E-state index in [1.165, 1.54) is 83.5 Å². The fraction of sp³-hybridized carbons (Fsp3) is 0.905. The average molecular weight is 393 g/mol. The lowest BCUT2D eigenvalue weighted by atomic mass is 10.0. The second kappa shape index (κ2) is 20.2. The Morgan fingerprint density at radius 1 is 0.360 bits per heavy atom. The van der Waals surface area contributed by atoms with E-state index < -0.39 is 0 Å². The van der Waals surface area contributed by atoms with Gasteiger partial charge in [-0.2, -0.15) is 0 Å². The predicted octanol–water partition coefficient (Wildman–Crippen LogP) is 7.93. The van der Waals surface area contributed by atoms with Crippen LogP contribution >= 0.6 is 23.2 Å². The van der Waals surface area contributed by atoms with E-state index in [0.29, 0.717) is 12.8 Å². The quantitative estimate of drug-likeness (QED) is 0.155. The SMILES string of the molecule is O=C(Cl)CCCCCCCCCCCCCCCCCCCC(=O)Cl. The number of hydrogen-bond acceptors (Lipinski definition) is 2. The van der Waals surface area contributed by atoms with Crippen LogP contribution in [0.5, 0.6) is 0 Å². The summed E-state index contributed by atoms with van der Waals surface area (Å²) in [7, 11) is 0. The maximum Gasteiger partial charge on any atom is 0.221 e. The second-order valence-electron chi connectivity index (χ2n) is 7.22. The van der Waals surface area contributed by atoms with Gasteiger partial charge in [-0.25, -0.2) is 0 Å². The number of unbranched alkanes of at least 4 members (excludes halogenated alkanes) is 16. The maximum atomic E-state index is 10.6. The zero-order valence-electron chi connectivity index (χ0n) is 16.0. The standard InChI is InChI=1S/C21H38Cl2O2/c22-20(24)18-16-14-12-10-8-6-4-2-1-3-5-7-9-11-13-15-17-19-21(23)25/h1-19H2. The summed E-state index contributed by atoms with van der Waals surface area (Å²) in [5.41, 5.74) is 0. The Hall–Kier alpha value is -0.0800. The van der Waals surface area contributed by atoms with Gasteiger partial charge >= 0.3 is 0 Å². The van der Waals surface area contributed by atoms with Crippen molar-refractivity contribution >= 4 is 33.7 Å². The van der Waals surface area contributed by atoms with Crippen LogP contribution in [0, 0.1) is 0 Å². The van der Waals surface area contributed by atoms with Crippen LogP contribution in [-0.4, -0.2) is 10.5 Å². The molecule has 0 aromatic carbocycles. The van der Waals surface area contributed by atoms with Crippen molar-refractivity contribution in [1.82, 2.24) is 0 Å². The van der Waals surface area contributed by atoms with Gasteiger partial charge in [0.25, 0.3) is 0 Å². The first kappa shape index (κ1) is 24.9. The Balaban J connectivity index is 3.00. The lowest BCUT2D eigenvalue weighted by Crippen LogP contribution is -1.87.